The fourth-order valence-corrected chi connectivity index (χ4v) is 3.01. The number of fused-ring (bicyclic) bond motifs is 2. The number of nitrogens with zero attached hydrogens (tertiary/aromatic N) is 3. The van der Waals surface area contributed by atoms with E-state index >= 15 is 0 Å². The van der Waals surface area contributed by atoms with Gasteiger partial charge in [0.05, 0.1) is 5.39 Å². The molecule has 2 N–H and O–H groups in total. The number of nitrogens with one attached hydrogen (secondary N) is 2. The van der Waals surface area contributed by atoms with E-state index in [9.17, 15) is 0 Å². The van der Waals surface area contributed by atoms with Crippen LogP contribution in [-0.2, 0) is 0 Å². The lowest BCUT2D eigenvalue weighted by Crippen LogP contribution is -1.95. The van der Waals surface area contributed by atoms with Gasteiger partial charge in [-0.1, -0.05) is 30.3 Å². The van der Waals surface area contributed by atoms with E-state index in [2.05, 4.69) is 55.8 Å². The Bertz CT molecular complexity index is 963. The highest BCUT2D eigenvalue weighted by Crippen LogP contribution is 2.30. The smallest absolute Gasteiger partial charge is 0.161 e. The largest absolute Gasteiger partial charge is 0.339 e. The highest BCUT2D eigenvalue weighted by Gasteiger charge is 2.12. The maximum absolute atomic E-state index is 4.37. The average Bonchev–Trinajstić information content (AvgIpc) is 2.99. The topological polar surface area (TPSA) is 66.5 Å². The molecule has 6 heteroatoms. The number of hydrogen-bond donors (Lipinski definition) is 2. The molecule has 2 aromatic heterocycles. The van der Waals surface area contributed by atoms with Crippen LogP contribution in [0, 0.1) is 0 Å². The first-order valence-corrected chi connectivity index (χ1v) is 8.06. The number of hydrogen-bond acceptors (Lipinski definition) is 5. The average molecular weight is 307 g/mol. The highest BCUT2D eigenvalue weighted by molar-refractivity contribution is 7.98. The van der Waals surface area contributed by atoms with Gasteiger partial charge in [0.1, 0.15) is 17.2 Å². The molecule has 2 heterocycles. The summed E-state index contributed by atoms with van der Waals surface area (Å²) in [5.74, 6) is 0.762. The summed E-state index contributed by atoms with van der Waals surface area (Å²) >= 11 is 1.57. The van der Waals surface area contributed by atoms with Crippen LogP contribution < -0.4 is 5.32 Å². The zero-order valence-electron chi connectivity index (χ0n) is 11.9. The molecular formula is C16H13N5S. The maximum Gasteiger partial charge on any atom is 0.161 e. The van der Waals surface area contributed by atoms with Gasteiger partial charge in [0, 0.05) is 5.69 Å². The summed E-state index contributed by atoms with van der Waals surface area (Å²) in [6, 6.07) is 14.5. The highest BCUT2D eigenvalue weighted by atomic mass is 32.2. The third-order valence-electron chi connectivity index (χ3n) is 3.53. The van der Waals surface area contributed by atoms with E-state index in [-0.39, 0.29) is 0 Å². The second-order valence-electron chi connectivity index (χ2n) is 4.87. The Morgan fingerprint density at radius 3 is 2.77 bits per heavy atom. The monoisotopic (exact) mass is 307 g/mol. The van der Waals surface area contributed by atoms with Crippen LogP contribution in [0.15, 0.2) is 53.8 Å². The number of aromatic amines is 1. The molecular weight excluding hydrogens is 294 g/mol. The summed E-state index contributed by atoms with van der Waals surface area (Å²) in [5, 5.41) is 14.8. The molecule has 4 aromatic rings. The van der Waals surface area contributed by atoms with Crippen molar-refractivity contribution in [2.45, 2.75) is 5.03 Å². The molecule has 0 aliphatic rings. The molecule has 0 amide bonds. The van der Waals surface area contributed by atoms with Crippen molar-refractivity contribution in [3.05, 3.63) is 48.8 Å². The molecule has 0 atom stereocenters. The quantitative estimate of drug-likeness (QED) is 0.561. The Hall–Kier alpha value is -2.60. The van der Waals surface area contributed by atoms with Crippen LogP contribution in [0.3, 0.4) is 0 Å². The Balaban J connectivity index is 1.80. The minimum atomic E-state index is 0.739. The maximum atomic E-state index is 4.37. The first kappa shape index (κ1) is 13.1. The van der Waals surface area contributed by atoms with Crippen molar-refractivity contribution in [1.82, 2.24) is 20.2 Å². The van der Waals surface area contributed by atoms with Crippen molar-refractivity contribution in [2.75, 3.05) is 11.6 Å². The zero-order valence-corrected chi connectivity index (χ0v) is 12.7. The number of H-pyrrole nitrogens is 1. The van der Waals surface area contributed by atoms with E-state index in [0.29, 0.717) is 0 Å². The molecule has 108 valence electrons. The Morgan fingerprint density at radius 1 is 1.05 bits per heavy atom. The van der Waals surface area contributed by atoms with Crippen LogP contribution in [0.25, 0.3) is 21.8 Å². The molecule has 2 aromatic carbocycles. The molecule has 0 radical (unpaired) electrons. The predicted molar refractivity (Wildman–Crippen MR) is 90.7 cm³/mol. The van der Waals surface area contributed by atoms with Crippen LogP contribution >= 0.6 is 11.8 Å². The second-order valence-corrected chi connectivity index (χ2v) is 5.66. The number of rotatable bonds is 3. The number of thioether (sulfide) groups is 1. The molecule has 0 aliphatic carbocycles. The van der Waals surface area contributed by atoms with E-state index < -0.39 is 0 Å². The van der Waals surface area contributed by atoms with Gasteiger partial charge in [-0.25, -0.2) is 9.97 Å². The predicted octanol–water partition coefficient (Wildman–Crippen LogP) is 3.97. The zero-order chi connectivity index (χ0) is 14.9. The van der Waals surface area contributed by atoms with Gasteiger partial charge in [0.15, 0.2) is 5.65 Å². The summed E-state index contributed by atoms with van der Waals surface area (Å²) in [5.41, 5.74) is 1.73. The first-order valence-electron chi connectivity index (χ1n) is 6.84. The molecule has 0 fully saturated rings. The van der Waals surface area contributed by atoms with Gasteiger partial charge in [0.25, 0.3) is 0 Å². The first-order chi connectivity index (χ1) is 10.8. The third-order valence-corrected chi connectivity index (χ3v) is 4.21. The third kappa shape index (κ3) is 2.17. The van der Waals surface area contributed by atoms with Crippen LogP contribution in [0.2, 0.25) is 0 Å². The second kappa shape index (κ2) is 5.31. The summed E-state index contributed by atoms with van der Waals surface area (Å²) in [4.78, 5) is 8.59. The SMILES string of the molecule is CSc1n[nH]c2ncnc(Nc3ccc4ccccc4c3)c12. The molecule has 0 unspecified atom stereocenters. The van der Waals surface area contributed by atoms with Gasteiger partial charge in [-0.05, 0) is 29.2 Å². The fourth-order valence-electron chi connectivity index (χ4n) is 2.48. The lowest BCUT2D eigenvalue weighted by molar-refractivity contribution is 1.02. The van der Waals surface area contributed by atoms with Crippen molar-refractivity contribution >= 4 is 45.1 Å². The van der Waals surface area contributed by atoms with Gasteiger partial charge in [0.2, 0.25) is 0 Å². The normalized spacial score (nSPS) is 11.1. The molecule has 0 aliphatic heterocycles. The molecule has 0 saturated heterocycles. The number of aromatic nitrogens is 4. The Morgan fingerprint density at radius 2 is 1.91 bits per heavy atom. The number of benzene rings is 2. The summed E-state index contributed by atoms with van der Waals surface area (Å²) < 4.78 is 0. The molecule has 22 heavy (non-hydrogen) atoms. The minimum absolute atomic E-state index is 0.739. The Kier molecular flexibility index (Phi) is 3.16. The summed E-state index contributed by atoms with van der Waals surface area (Å²) in [7, 11) is 0. The van der Waals surface area contributed by atoms with Crippen molar-refractivity contribution < 1.29 is 0 Å². The van der Waals surface area contributed by atoms with E-state index in [1.165, 1.54) is 17.1 Å². The summed E-state index contributed by atoms with van der Waals surface area (Å²) in [6.45, 7) is 0. The molecule has 4 rings (SSSR count). The van der Waals surface area contributed by atoms with Gasteiger partial charge in [-0.3, -0.25) is 5.10 Å². The Labute approximate surface area is 131 Å². The van der Waals surface area contributed by atoms with E-state index in [4.69, 9.17) is 0 Å². The van der Waals surface area contributed by atoms with E-state index in [0.717, 1.165) is 27.6 Å². The van der Waals surface area contributed by atoms with Crippen LogP contribution in [0.1, 0.15) is 0 Å². The van der Waals surface area contributed by atoms with Gasteiger partial charge in [-0.2, -0.15) is 5.10 Å². The standard InChI is InChI=1S/C16H13N5S/c1-22-16-13-14(17-9-18-15(13)20-21-16)19-12-7-6-10-4-2-3-5-11(10)8-12/h2-9H,1H3,(H2,17,18,19,20,21). The lowest BCUT2D eigenvalue weighted by Gasteiger charge is -2.08. The van der Waals surface area contributed by atoms with Crippen LogP contribution in [0.5, 0.6) is 0 Å². The fraction of sp³-hybridized carbons (Fsp3) is 0.0625. The molecule has 0 bridgehead atoms. The van der Waals surface area contributed by atoms with E-state index in [1.54, 1.807) is 11.8 Å². The van der Waals surface area contributed by atoms with Crippen molar-refractivity contribution in [3.63, 3.8) is 0 Å². The van der Waals surface area contributed by atoms with Crippen LogP contribution in [-0.4, -0.2) is 26.4 Å². The van der Waals surface area contributed by atoms with Crippen LogP contribution in [0.4, 0.5) is 11.5 Å². The van der Waals surface area contributed by atoms with Gasteiger partial charge >= 0.3 is 0 Å². The van der Waals surface area contributed by atoms with E-state index in [1.807, 2.05) is 18.4 Å². The van der Waals surface area contributed by atoms with Crippen molar-refractivity contribution in [3.8, 4) is 0 Å². The molecule has 5 nitrogen and oxygen atoms in total. The summed E-state index contributed by atoms with van der Waals surface area (Å²) in [6.07, 6.45) is 3.52. The van der Waals surface area contributed by atoms with Gasteiger partial charge in [-0.15, -0.1) is 11.8 Å². The van der Waals surface area contributed by atoms with Gasteiger partial charge < -0.3 is 5.32 Å². The molecule has 0 spiro atoms. The molecule has 0 saturated carbocycles. The minimum Gasteiger partial charge on any atom is -0.339 e. The lowest BCUT2D eigenvalue weighted by atomic mass is 10.1. The van der Waals surface area contributed by atoms with Crippen molar-refractivity contribution in [2.24, 2.45) is 0 Å². The number of anilines is 2. The van der Waals surface area contributed by atoms with Crippen molar-refractivity contribution in [1.29, 1.82) is 0 Å².